The highest BCUT2D eigenvalue weighted by molar-refractivity contribution is 5.49. The average Bonchev–Trinajstić information content (AvgIpc) is 3.06. The van der Waals surface area contributed by atoms with E-state index in [1.807, 2.05) is 11.1 Å². The fraction of sp³-hybridized carbons (Fsp3) is 0.800. The minimum Gasteiger partial charge on any atom is -0.0996 e. The van der Waals surface area contributed by atoms with Gasteiger partial charge in [0.25, 0.3) is 0 Å². The molecule has 4 aliphatic carbocycles. The second-order valence-electron chi connectivity index (χ2n) is 12.6. The van der Waals surface area contributed by atoms with Crippen LogP contribution in [0, 0.1) is 46.3 Å². The van der Waals surface area contributed by atoms with E-state index in [0.717, 1.165) is 29.6 Å². The smallest absolute Gasteiger partial charge is 0.00389 e. The number of hydrogen-bond donors (Lipinski definition) is 0. The van der Waals surface area contributed by atoms with Crippen LogP contribution in [0.25, 0.3) is 0 Å². The van der Waals surface area contributed by atoms with Crippen molar-refractivity contribution < 1.29 is 0 Å². The van der Waals surface area contributed by atoms with Crippen molar-refractivity contribution in [2.24, 2.45) is 46.3 Å². The lowest BCUT2D eigenvalue weighted by atomic mass is 9.49. The van der Waals surface area contributed by atoms with Crippen LogP contribution in [-0.4, -0.2) is 0 Å². The highest BCUT2D eigenvalue weighted by Crippen LogP contribution is 2.65. The van der Waals surface area contributed by atoms with Crippen LogP contribution >= 0.6 is 0 Å². The van der Waals surface area contributed by atoms with E-state index in [1.165, 1.54) is 63.4 Å². The van der Waals surface area contributed by atoms with Crippen molar-refractivity contribution in [1.29, 1.82) is 0 Å². The Balaban J connectivity index is 1.56. The van der Waals surface area contributed by atoms with E-state index >= 15 is 0 Å². The molecule has 7 atom stereocenters. The van der Waals surface area contributed by atoms with Gasteiger partial charge >= 0.3 is 0 Å². The van der Waals surface area contributed by atoms with Crippen molar-refractivity contribution in [1.82, 2.24) is 0 Å². The Morgan fingerprint density at radius 2 is 1.80 bits per heavy atom. The molecule has 168 valence electrons. The second kappa shape index (κ2) is 7.97. The molecule has 1 saturated carbocycles. The summed E-state index contributed by atoms with van der Waals surface area (Å²) in [4.78, 5) is 0. The zero-order valence-electron chi connectivity index (χ0n) is 21.1. The van der Waals surface area contributed by atoms with Crippen LogP contribution in [0.5, 0.6) is 0 Å². The maximum absolute atomic E-state index is 4.34. The standard InChI is InChI=1S/C30H48/c1-19(2)20(3)9-10-22(5)25-13-14-27-24-11-12-26-23(6)21(4)15-17-30(26,8)28(24)16-18-29(25,27)7/h14,19,21-23,25-26H,3,9-13,15-18H2,1-2,4-8H3. The summed E-state index contributed by atoms with van der Waals surface area (Å²) in [6, 6.07) is 0. The summed E-state index contributed by atoms with van der Waals surface area (Å²) < 4.78 is 0. The molecule has 0 bridgehead atoms. The van der Waals surface area contributed by atoms with Gasteiger partial charge in [-0.25, -0.2) is 0 Å². The first-order valence-electron chi connectivity index (χ1n) is 13.2. The Morgan fingerprint density at radius 3 is 2.50 bits per heavy atom. The minimum atomic E-state index is 0.425. The topological polar surface area (TPSA) is 0 Å². The Hall–Kier alpha value is -0.780. The molecule has 4 rings (SSSR count). The molecular formula is C30H48. The summed E-state index contributed by atoms with van der Waals surface area (Å²) in [5, 5.41) is 0. The number of rotatable bonds is 5. The Morgan fingerprint density at radius 1 is 1.07 bits per heavy atom. The lowest BCUT2D eigenvalue weighted by Gasteiger charge is -2.56. The quantitative estimate of drug-likeness (QED) is 0.398. The molecule has 0 aromatic rings. The molecule has 0 N–H and O–H groups in total. The van der Waals surface area contributed by atoms with E-state index in [4.69, 9.17) is 0 Å². The zero-order valence-corrected chi connectivity index (χ0v) is 21.1. The second-order valence-corrected chi connectivity index (χ2v) is 12.6. The first-order chi connectivity index (χ1) is 14.1. The van der Waals surface area contributed by atoms with Crippen LogP contribution in [0.2, 0.25) is 0 Å². The molecule has 4 aliphatic rings. The number of fused-ring (bicyclic) bond motifs is 4. The number of allylic oxidation sites excluding steroid dienone is 5. The Labute approximate surface area is 187 Å². The van der Waals surface area contributed by atoms with Gasteiger partial charge in [0.2, 0.25) is 0 Å². The highest BCUT2D eigenvalue weighted by Gasteiger charge is 2.54. The largest absolute Gasteiger partial charge is 0.0996 e. The third-order valence-corrected chi connectivity index (χ3v) is 10.9. The van der Waals surface area contributed by atoms with Gasteiger partial charge in [0.05, 0.1) is 0 Å². The zero-order chi connectivity index (χ0) is 21.8. The molecule has 0 nitrogen and oxygen atoms in total. The van der Waals surface area contributed by atoms with Gasteiger partial charge in [0.1, 0.15) is 0 Å². The van der Waals surface area contributed by atoms with Gasteiger partial charge in [-0.3, -0.25) is 0 Å². The first-order valence-corrected chi connectivity index (χ1v) is 13.2. The van der Waals surface area contributed by atoms with E-state index in [-0.39, 0.29) is 0 Å². The molecule has 30 heavy (non-hydrogen) atoms. The monoisotopic (exact) mass is 408 g/mol. The summed E-state index contributed by atoms with van der Waals surface area (Å²) in [5.41, 5.74) is 7.90. The van der Waals surface area contributed by atoms with Crippen LogP contribution in [0.15, 0.2) is 34.9 Å². The summed E-state index contributed by atoms with van der Waals surface area (Å²) in [6.45, 7) is 21.8. The Bertz CT molecular complexity index is 748. The van der Waals surface area contributed by atoms with Crippen molar-refractivity contribution in [3.8, 4) is 0 Å². The van der Waals surface area contributed by atoms with Crippen molar-refractivity contribution in [3.63, 3.8) is 0 Å². The summed E-state index contributed by atoms with van der Waals surface area (Å²) in [5.74, 6) is 4.98. The van der Waals surface area contributed by atoms with Crippen LogP contribution in [0.4, 0.5) is 0 Å². The molecule has 0 radical (unpaired) electrons. The predicted molar refractivity (Wildman–Crippen MR) is 131 cm³/mol. The molecule has 0 saturated heterocycles. The molecule has 0 heterocycles. The van der Waals surface area contributed by atoms with Crippen molar-refractivity contribution in [2.45, 2.75) is 106 Å². The van der Waals surface area contributed by atoms with Gasteiger partial charge in [0, 0.05) is 0 Å². The van der Waals surface area contributed by atoms with E-state index in [2.05, 4.69) is 61.1 Å². The van der Waals surface area contributed by atoms with Crippen molar-refractivity contribution in [3.05, 3.63) is 34.9 Å². The summed E-state index contributed by atoms with van der Waals surface area (Å²) in [7, 11) is 0. The lowest BCUT2D eigenvalue weighted by Crippen LogP contribution is -2.46. The summed E-state index contributed by atoms with van der Waals surface area (Å²) in [6.07, 6.45) is 15.0. The lowest BCUT2D eigenvalue weighted by molar-refractivity contribution is 0.0345. The highest BCUT2D eigenvalue weighted by atomic mass is 14.6. The van der Waals surface area contributed by atoms with E-state index in [1.54, 1.807) is 5.57 Å². The molecule has 0 amide bonds. The van der Waals surface area contributed by atoms with Gasteiger partial charge in [-0.05, 0) is 115 Å². The molecule has 0 spiro atoms. The molecular weight excluding hydrogens is 360 g/mol. The number of hydrogen-bond acceptors (Lipinski definition) is 0. The van der Waals surface area contributed by atoms with Gasteiger partial charge in [0.15, 0.2) is 0 Å². The van der Waals surface area contributed by atoms with E-state index < -0.39 is 0 Å². The maximum Gasteiger partial charge on any atom is -0.00389 e. The van der Waals surface area contributed by atoms with Crippen LogP contribution < -0.4 is 0 Å². The molecule has 1 fully saturated rings. The molecule has 0 aliphatic heterocycles. The van der Waals surface area contributed by atoms with Gasteiger partial charge in [-0.2, -0.15) is 0 Å². The van der Waals surface area contributed by atoms with Crippen molar-refractivity contribution >= 4 is 0 Å². The Kier molecular flexibility index (Phi) is 5.95. The van der Waals surface area contributed by atoms with Crippen LogP contribution in [0.3, 0.4) is 0 Å². The predicted octanol–water partition coefficient (Wildman–Crippen LogP) is 9.14. The molecule has 0 heteroatoms. The maximum atomic E-state index is 4.34. The third kappa shape index (κ3) is 3.40. The van der Waals surface area contributed by atoms with Crippen LogP contribution in [-0.2, 0) is 0 Å². The third-order valence-electron chi connectivity index (χ3n) is 10.9. The fourth-order valence-electron chi connectivity index (χ4n) is 8.31. The SMILES string of the molecule is C=C(CCC(C)C1CC=C2C3=C(CCC21C)C1(C)CCC(C)C(C)C1CC3)C(C)C. The van der Waals surface area contributed by atoms with E-state index in [9.17, 15) is 0 Å². The van der Waals surface area contributed by atoms with Crippen LogP contribution in [0.1, 0.15) is 106 Å². The molecule has 7 unspecified atom stereocenters. The first kappa shape index (κ1) is 22.4. The fourth-order valence-corrected chi connectivity index (χ4v) is 8.31. The van der Waals surface area contributed by atoms with Gasteiger partial charge in [-0.1, -0.05) is 72.3 Å². The minimum absolute atomic E-state index is 0.425. The van der Waals surface area contributed by atoms with Gasteiger partial charge in [-0.15, -0.1) is 0 Å². The van der Waals surface area contributed by atoms with E-state index in [0.29, 0.717) is 16.7 Å². The molecule has 0 aromatic carbocycles. The van der Waals surface area contributed by atoms with Gasteiger partial charge < -0.3 is 0 Å². The average molecular weight is 409 g/mol. The summed E-state index contributed by atoms with van der Waals surface area (Å²) >= 11 is 0. The normalized spacial score (nSPS) is 41.8. The molecule has 0 aromatic heterocycles. The van der Waals surface area contributed by atoms with Crippen molar-refractivity contribution in [2.75, 3.05) is 0 Å².